The molecule has 0 spiro atoms. The first-order chi connectivity index (χ1) is 19.9. The molecule has 3 aromatic carbocycles. The quantitative estimate of drug-likeness (QED) is 0.272. The van der Waals surface area contributed by atoms with Gasteiger partial charge in [-0.1, -0.05) is 60.7 Å². The van der Waals surface area contributed by atoms with E-state index in [4.69, 9.17) is 4.74 Å². The molecule has 218 valence electrons. The van der Waals surface area contributed by atoms with Crippen LogP contribution in [-0.2, 0) is 16.6 Å². The molecule has 0 bridgehead atoms. The maximum absolute atomic E-state index is 15.4. The Kier molecular flexibility index (Phi) is 8.90. The summed E-state index contributed by atoms with van der Waals surface area (Å²) in [5.74, 6) is -3.22. The summed E-state index contributed by atoms with van der Waals surface area (Å²) in [6.45, 7) is 6.69. The van der Waals surface area contributed by atoms with Crippen LogP contribution >= 0.6 is 0 Å². The first-order valence-corrected chi connectivity index (χ1v) is 13.4. The van der Waals surface area contributed by atoms with Gasteiger partial charge < -0.3 is 19.9 Å². The molecule has 0 unspecified atom stereocenters. The molecule has 4 rings (SSSR count). The maximum Gasteiger partial charge on any atom is 0.408 e. The molecular weight excluding hydrogens is 540 g/mol. The van der Waals surface area contributed by atoms with Crippen LogP contribution in [0.25, 0.3) is 11.1 Å². The normalized spacial score (nSPS) is 12.1. The fourth-order valence-corrected chi connectivity index (χ4v) is 4.75. The van der Waals surface area contributed by atoms with E-state index in [0.29, 0.717) is 5.69 Å². The van der Waals surface area contributed by atoms with E-state index in [1.807, 2.05) is 60.7 Å². The Labute approximate surface area is 243 Å². The number of hydrogen-bond donors (Lipinski definition) is 2. The topological polar surface area (TPSA) is 89.4 Å². The van der Waals surface area contributed by atoms with Gasteiger partial charge in [0.15, 0.2) is 0 Å². The zero-order valence-corrected chi connectivity index (χ0v) is 24.1. The maximum atomic E-state index is 15.4. The van der Waals surface area contributed by atoms with Gasteiger partial charge in [-0.3, -0.25) is 9.59 Å². The summed E-state index contributed by atoms with van der Waals surface area (Å²) >= 11 is 0. The molecule has 0 saturated carbocycles. The second-order valence-corrected chi connectivity index (χ2v) is 11.0. The van der Waals surface area contributed by atoms with E-state index in [0.717, 1.165) is 23.3 Å². The molecule has 0 fully saturated rings. The number of alkyl carbamates (subject to hydrolysis) is 1. The molecule has 4 aromatic rings. The van der Waals surface area contributed by atoms with Gasteiger partial charge in [0.25, 0.3) is 0 Å². The summed E-state index contributed by atoms with van der Waals surface area (Å²) in [7, 11) is 1.51. The van der Waals surface area contributed by atoms with E-state index in [1.54, 1.807) is 27.7 Å². The third kappa shape index (κ3) is 6.91. The third-order valence-electron chi connectivity index (χ3n) is 6.80. The van der Waals surface area contributed by atoms with Gasteiger partial charge in [0.2, 0.25) is 11.5 Å². The number of benzene rings is 3. The highest BCUT2D eigenvalue weighted by Crippen LogP contribution is 2.32. The van der Waals surface area contributed by atoms with Gasteiger partial charge in [0.05, 0.1) is 5.56 Å². The number of anilines is 1. The van der Waals surface area contributed by atoms with E-state index >= 15 is 8.78 Å². The van der Waals surface area contributed by atoms with Crippen molar-refractivity contribution >= 4 is 17.7 Å². The van der Waals surface area contributed by atoms with E-state index in [9.17, 15) is 14.4 Å². The highest BCUT2D eigenvalue weighted by molar-refractivity contribution is 5.98. The predicted molar refractivity (Wildman–Crippen MR) is 158 cm³/mol. The lowest BCUT2D eigenvalue weighted by Crippen LogP contribution is -2.49. The number of amides is 2. The molecular formula is C33H33F2N3O4. The van der Waals surface area contributed by atoms with E-state index < -0.39 is 41.2 Å². The lowest BCUT2D eigenvalue weighted by molar-refractivity contribution is -0.118. The monoisotopic (exact) mass is 573 g/mol. The fourth-order valence-electron chi connectivity index (χ4n) is 4.75. The Morgan fingerprint density at radius 2 is 1.38 bits per heavy atom. The van der Waals surface area contributed by atoms with E-state index in [-0.39, 0.29) is 22.4 Å². The molecule has 42 heavy (non-hydrogen) atoms. The molecule has 7 nitrogen and oxygen atoms in total. The molecule has 0 aliphatic rings. The number of carbonyl (C=O) groups excluding carboxylic acids is 2. The number of pyridine rings is 1. The third-order valence-corrected chi connectivity index (χ3v) is 6.80. The van der Waals surface area contributed by atoms with E-state index in [2.05, 4.69) is 10.6 Å². The molecule has 1 heterocycles. The molecule has 0 aliphatic heterocycles. The number of nitrogens with zero attached hydrogens (tertiary/aromatic N) is 1. The standard InChI is InChI=1S/C33H33F2N3O4/c1-20-24(16-17-27(39)38(20)5)29-25(34)18-23(19-26(29)35)36-31(40)30(37-32(41)42-33(2,3)4)28(21-12-8-6-9-13-21)22-14-10-7-11-15-22/h6-19,28,30H,1-5H3,(H,36,40)(H,37,41)/t30-/m0/s1. The summed E-state index contributed by atoms with van der Waals surface area (Å²) in [6.07, 6.45) is -0.822. The number of aromatic nitrogens is 1. The number of carbonyl (C=O) groups is 2. The second-order valence-electron chi connectivity index (χ2n) is 11.0. The van der Waals surface area contributed by atoms with Crippen LogP contribution in [0.1, 0.15) is 43.5 Å². The van der Waals surface area contributed by atoms with Crippen LogP contribution in [0.3, 0.4) is 0 Å². The molecule has 2 N–H and O–H groups in total. The Morgan fingerprint density at radius 3 is 1.88 bits per heavy atom. The van der Waals surface area contributed by atoms with Crippen LogP contribution in [0.4, 0.5) is 19.3 Å². The van der Waals surface area contributed by atoms with Gasteiger partial charge >= 0.3 is 6.09 Å². The summed E-state index contributed by atoms with van der Waals surface area (Å²) in [5.41, 5.74) is 0.454. The lowest BCUT2D eigenvalue weighted by Gasteiger charge is -2.29. The van der Waals surface area contributed by atoms with Gasteiger partial charge in [-0.25, -0.2) is 13.6 Å². The highest BCUT2D eigenvalue weighted by Gasteiger charge is 2.34. The number of hydrogen-bond acceptors (Lipinski definition) is 4. The second kappa shape index (κ2) is 12.4. The summed E-state index contributed by atoms with van der Waals surface area (Å²) in [6, 6.07) is 21.7. The summed E-state index contributed by atoms with van der Waals surface area (Å²) in [5, 5.41) is 5.26. The van der Waals surface area contributed by atoms with Gasteiger partial charge in [-0.15, -0.1) is 0 Å². The van der Waals surface area contributed by atoms with Crippen molar-refractivity contribution in [3.05, 3.63) is 124 Å². The largest absolute Gasteiger partial charge is 0.444 e. The van der Waals surface area contributed by atoms with Crippen molar-refractivity contribution in [3.63, 3.8) is 0 Å². The van der Waals surface area contributed by atoms with Crippen LogP contribution in [0, 0.1) is 18.6 Å². The molecule has 2 amide bonds. The molecule has 0 aliphatic carbocycles. The zero-order chi connectivity index (χ0) is 30.6. The lowest BCUT2D eigenvalue weighted by atomic mass is 9.84. The fraction of sp³-hybridized carbons (Fsp3) is 0.242. The van der Waals surface area contributed by atoms with Gasteiger partial charge in [-0.05, 0) is 57.0 Å². The molecule has 1 atom stereocenters. The number of ether oxygens (including phenoxy) is 1. The average Bonchev–Trinajstić information content (AvgIpc) is 2.92. The number of nitrogens with one attached hydrogen (secondary N) is 2. The molecule has 0 saturated heterocycles. The van der Waals surface area contributed by atoms with Crippen molar-refractivity contribution < 1.29 is 23.1 Å². The van der Waals surface area contributed by atoms with Gasteiger partial charge in [0.1, 0.15) is 23.3 Å². The Balaban J connectivity index is 1.74. The van der Waals surface area contributed by atoms with Crippen molar-refractivity contribution in [3.8, 4) is 11.1 Å². The van der Waals surface area contributed by atoms with Crippen LogP contribution < -0.4 is 16.2 Å². The van der Waals surface area contributed by atoms with Crippen molar-refractivity contribution in [2.24, 2.45) is 7.05 Å². The van der Waals surface area contributed by atoms with Crippen molar-refractivity contribution in [1.29, 1.82) is 0 Å². The van der Waals surface area contributed by atoms with Gasteiger partial charge in [-0.2, -0.15) is 0 Å². The molecule has 9 heteroatoms. The Bertz CT molecular complexity index is 1590. The first kappa shape index (κ1) is 30.2. The summed E-state index contributed by atoms with van der Waals surface area (Å²) in [4.78, 5) is 38.7. The SMILES string of the molecule is Cc1c(-c2c(F)cc(NC(=O)[C@@H](NC(=O)OC(C)(C)C)C(c3ccccc3)c3ccccc3)cc2F)ccc(=O)n1C. The molecule has 1 aromatic heterocycles. The van der Waals surface area contributed by atoms with Crippen LogP contribution in [0.2, 0.25) is 0 Å². The first-order valence-electron chi connectivity index (χ1n) is 13.4. The number of halogens is 2. The minimum atomic E-state index is -1.22. The highest BCUT2D eigenvalue weighted by atomic mass is 19.1. The van der Waals surface area contributed by atoms with Crippen LogP contribution in [-0.4, -0.2) is 28.2 Å². The Hall–Kier alpha value is -4.79. The van der Waals surface area contributed by atoms with Gasteiger partial charge in [0, 0.05) is 36.0 Å². The van der Waals surface area contributed by atoms with Crippen molar-refractivity contribution in [2.45, 2.75) is 45.3 Å². The Morgan fingerprint density at radius 1 is 0.857 bits per heavy atom. The summed E-state index contributed by atoms with van der Waals surface area (Å²) < 4.78 is 37.5. The van der Waals surface area contributed by atoms with Crippen molar-refractivity contribution in [2.75, 3.05) is 5.32 Å². The average molecular weight is 574 g/mol. The minimum Gasteiger partial charge on any atom is -0.444 e. The van der Waals surface area contributed by atoms with Crippen molar-refractivity contribution in [1.82, 2.24) is 9.88 Å². The van der Waals surface area contributed by atoms with Crippen LogP contribution in [0.5, 0.6) is 0 Å². The van der Waals surface area contributed by atoms with E-state index in [1.165, 1.54) is 23.7 Å². The smallest absolute Gasteiger partial charge is 0.408 e. The number of rotatable bonds is 7. The predicted octanol–water partition coefficient (Wildman–Crippen LogP) is 6.30. The minimum absolute atomic E-state index is 0.142. The zero-order valence-electron chi connectivity index (χ0n) is 24.1. The van der Waals surface area contributed by atoms with Crippen LogP contribution in [0.15, 0.2) is 89.7 Å². The molecule has 0 radical (unpaired) electrons.